The molecule has 25 heavy (non-hydrogen) atoms. The molecule has 3 aromatic rings. The Hall–Kier alpha value is -2.16. The van der Waals surface area contributed by atoms with Crippen molar-refractivity contribution in [1.29, 1.82) is 0 Å². The fourth-order valence-corrected chi connectivity index (χ4v) is 4.16. The smallest absolute Gasteiger partial charge is 0.274 e. The van der Waals surface area contributed by atoms with E-state index in [2.05, 4.69) is 10.3 Å². The maximum atomic E-state index is 12.1. The van der Waals surface area contributed by atoms with E-state index in [-0.39, 0.29) is 17.3 Å². The normalized spacial score (nSPS) is 10.8. The number of thioether (sulfide) groups is 1. The van der Waals surface area contributed by atoms with Gasteiger partial charge in [-0.1, -0.05) is 29.4 Å². The number of halogens is 1. The molecule has 0 unspecified atom stereocenters. The van der Waals surface area contributed by atoms with Gasteiger partial charge in [-0.3, -0.25) is 14.9 Å². The first-order valence-electron chi connectivity index (χ1n) is 7.16. The van der Waals surface area contributed by atoms with Crippen LogP contribution in [-0.4, -0.2) is 21.6 Å². The lowest BCUT2D eigenvalue weighted by molar-refractivity contribution is -0.385. The number of hydrogen-bond donors (Lipinski definition) is 1. The van der Waals surface area contributed by atoms with E-state index in [1.807, 2.05) is 6.07 Å². The molecule has 0 radical (unpaired) electrons. The summed E-state index contributed by atoms with van der Waals surface area (Å²) in [5.74, 6) is -0.0877. The Kier molecular flexibility index (Phi) is 5.22. The Morgan fingerprint density at radius 1 is 1.36 bits per heavy atom. The molecule has 1 N–H and O–H groups in total. The number of thiazole rings is 1. The predicted octanol–water partition coefficient (Wildman–Crippen LogP) is 4.90. The van der Waals surface area contributed by atoms with E-state index in [0.29, 0.717) is 16.3 Å². The highest BCUT2D eigenvalue weighted by atomic mass is 35.5. The van der Waals surface area contributed by atoms with Gasteiger partial charge in [0.25, 0.3) is 5.69 Å². The van der Waals surface area contributed by atoms with Crippen LogP contribution in [0.5, 0.6) is 0 Å². The second-order valence-electron chi connectivity index (χ2n) is 5.19. The Morgan fingerprint density at radius 2 is 2.16 bits per heavy atom. The van der Waals surface area contributed by atoms with E-state index in [4.69, 9.17) is 11.6 Å². The van der Waals surface area contributed by atoms with Crippen LogP contribution in [0.3, 0.4) is 0 Å². The van der Waals surface area contributed by atoms with Crippen LogP contribution in [0.25, 0.3) is 10.2 Å². The standard InChI is InChI=1S/C16H12ClN3O3S2/c1-9-2-4-11(7-13(9)20(22)23)18-15(21)8-24-16-19-12-6-10(17)3-5-14(12)25-16/h2-7H,8H2,1H3,(H,18,21). The summed E-state index contributed by atoms with van der Waals surface area (Å²) in [5, 5.41) is 14.2. The van der Waals surface area contributed by atoms with Crippen molar-refractivity contribution in [3.63, 3.8) is 0 Å². The SMILES string of the molecule is Cc1ccc(NC(=O)CSc2nc3cc(Cl)ccc3s2)cc1[N+](=O)[O-]. The second kappa shape index (κ2) is 7.38. The van der Waals surface area contributed by atoms with Crippen LogP contribution in [0.4, 0.5) is 11.4 Å². The van der Waals surface area contributed by atoms with Gasteiger partial charge in [-0.2, -0.15) is 0 Å². The van der Waals surface area contributed by atoms with Crippen molar-refractivity contribution in [1.82, 2.24) is 4.98 Å². The van der Waals surface area contributed by atoms with Crippen molar-refractivity contribution < 1.29 is 9.72 Å². The highest BCUT2D eigenvalue weighted by Crippen LogP contribution is 2.31. The summed E-state index contributed by atoms with van der Waals surface area (Å²) in [5.41, 5.74) is 1.73. The minimum absolute atomic E-state index is 0.0199. The quantitative estimate of drug-likeness (QED) is 0.378. The third-order valence-electron chi connectivity index (χ3n) is 3.35. The molecule has 0 aliphatic heterocycles. The topological polar surface area (TPSA) is 85.1 Å². The Bertz CT molecular complexity index is 974. The molecule has 3 rings (SSSR count). The average Bonchev–Trinajstić information content (AvgIpc) is 2.96. The van der Waals surface area contributed by atoms with E-state index in [0.717, 1.165) is 14.6 Å². The summed E-state index contributed by atoms with van der Waals surface area (Å²) in [6, 6.07) is 10.1. The zero-order valence-corrected chi connectivity index (χ0v) is 15.4. The molecular weight excluding hydrogens is 382 g/mol. The minimum atomic E-state index is -0.466. The number of nitrogens with zero attached hydrogens (tertiary/aromatic N) is 2. The number of carbonyl (C=O) groups is 1. The molecule has 6 nitrogen and oxygen atoms in total. The fraction of sp³-hybridized carbons (Fsp3) is 0.125. The monoisotopic (exact) mass is 393 g/mol. The molecule has 0 spiro atoms. The number of anilines is 1. The van der Waals surface area contributed by atoms with Crippen molar-refractivity contribution in [2.75, 3.05) is 11.1 Å². The largest absolute Gasteiger partial charge is 0.325 e. The van der Waals surface area contributed by atoms with Crippen molar-refractivity contribution in [3.8, 4) is 0 Å². The number of nitro benzene ring substituents is 1. The zero-order valence-electron chi connectivity index (χ0n) is 13.0. The molecule has 9 heteroatoms. The molecule has 1 aromatic heterocycles. The van der Waals surface area contributed by atoms with E-state index in [1.165, 1.54) is 29.2 Å². The molecule has 128 valence electrons. The fourth-order valence-electron chi connectivity index (χ4n) is 2.15. The first kappa shape index (κ1) is 17.7. The van der Waals surface area contributed by atoms with Crippen LogP contribution in [-0.2, 0) is 4.79 Å². The number of aryl methyl sites for hydroxylation is 1. The Labute approximate surface area is 156 Å². The maximum absolute atomic E-state index is 12.1. The molecule has 0 fully saturated rings. The Balaban J connectivity index is 1.64. The van der Waals surface area contributed by atoms with Gasteiger partial charge in [0.05, 0.1) is 20.9 Å². The summed E-state index contributed by atoms with van der Waals surface area (Å²) in [6.45, 7) is 1.65. The van der Waals surface area contributed by atoms with Crippen LogP contribution in [0.15, 0.2) is 40.7 Å². The van der Waals surface area contributed by atoms with Gasteiger partial charge in [0.1, 0.15) is 0 Å². The number of rotatable bonds is 5. The first-order chi connectivity index (χ1) is 11.9. The van der Waals surface area contributed by atoms with Gasteiger partial charge in [-0.15, -0.1) is 11.3 Å². The predicted molar refractivity (Wildman–Crippen MR) is 102 cm³/mol. The molecule has 2 aromatic carbocycles. The van der Waals surface area contributed by atoms with E-state index >= 15 is 0 Å². The number of carbonyl (C=O) groups excluding carboxylic acids is 1. The second-order valence-corrected chi connectivity index (χ2v) is 7.88. The van der Waals surface area contributed by atoms with Crippen molar-refractivity contribution in [3.05, 3.63) is 57.1 Å². The molecule has 0 aliphatic carbocycles. The number of aromatic nitrogens is 1. The molecular formula is C16H12ClN3O3S2. The highest BCUT2D eigenvalue weighted by molar-refractivity contribution is 8.01. The molecule has 0 saturated heterocycles. The van der Waals surface area contributed by atoms with Crippen LogP contribution < -0.4 is 5.32 Å². The zero-order chi connectivity index (χ0) is 18.0. The first-order valence-corrected chi connectivity index (χ1v) is 9.34. The van der Waals surface area contributed by atoms with Crippen LogP contribution >= 0.6 is 34.7 Å². The average molecular weight is 394 g/mol. The summed E-state index contributed by atoms with van der Waals surface area (Å²) in [7, 11) is 0. The van der Waals surface area contributed by atoms with Gasteiger partial charge in [0, 0.05) is 22.3 Å². The highest BCUT2D eigenvalue weighted by Gasteiger charge is 2.13. The molecule has 0 saturated carbocycles. The summed E-state index contributed by atoms with van der Waals surface area (Å²) < 4.78 is 1.77. The lowest BCUT2D eigenvalue weighted by atomic mass is 10.2. The number of benzene rings is 2. The third kappa shape index (κ3) is 4.28. The Morgan fingerprint density at radius 3 is 2.92 bits per heavy atom. The summed E-state index contributed by atoms with van der Waals surface area (Å²) in [4.78, 5) is 27.0. The van der Waals surface area contributed by atoms with Gasteiger partial charge in [0.15, 0.2) is 4.34 Å². The minimum Gasteiger partial charge on any atom is -0.325 e. The molecule has 1 amide bonds. The van der Waals surface area contributed by atoms with Crippen molar-refractivity contribution in [2.45, 2.75) is 11.3 Å². The summed E-state index contributed by atoms with van der Waals surface area (Å²) in [6.07, 6.45) is 0. The number of amides is 1. The molecule has 0 bridgehead atoms. The molecule has 1 heterocycles. The third-order valence-corrected chi connectivity index (χ3v) is 5.76. The van der Waals surface area contributed by atoms with Crippen LogP contribution in [0.1, 0.15) is 5.56 Å². The van der Waals surface area contributed by atoms with Crippen molar-refractivity contribution in [2.24, 2.45) is 0 Å². The van der Waals surface area contributed by atoms with E-state index in [1.54, 1.807) is 31.2 Å². The number of fused-ring (bicyclic) bond motifs is 1. The van der Waals surface area contributed by atoms with Crippen molar-refractivity contribution >= 4 is 62.2 Å². The van der Waals surface area contributed by atoms with Gasteiger partial charge < -0.3 is 5.32 Å². The number of hydrogen-bond acceptors (Lipinski definition) is 6. The molecule has 0 aliphatic rings. The van der Waals surface area contributed by atoms with Gasteiger partial charge >= 0.3 is 0 Å². The van der Waals surface area contributed by atoms with E-state index < -0.39 is 4.92 Å². The van der Waals surface area contributed by atoms with E-state index in [9.17, 15) is 14.9 Å². The lowest BCUT2D eigenvalue weighted by Crippen LogP contribution is -2.14. The van der Waals surface area contributed by atoms with Crippen LogP contribution in [0.2, 0.25) is 5.02 Å². The summed E-state index contributed by atoms with van der Waals surface area (Å²) >= 11 is 8.74. The number of nitro groups is 1. The van der Waals surface area contributed by atoms with Gasteiger partial charge in [0.2, 0.25) is 5.91 Å². The lowest BCUT2D eigenvalue weighted by Gasteiger charge is -2.05. The van der Waals surface area contributed by atoms with Gasteiger partial charge in [-0.05, 0) is 31.2 Å². The maximum Gasteiger partial charge on any atom is 0.274 e. The van der Waals surface area contributed by atoms with Crippen LogP contribution in [0, 0.1) is 17.0 Å². The van der Waals surface area contributed by atoms with Gasteiger partial charge in [-0.25, -0.2) is 4.98 Å². The molecule has 0 atom stereocenters. The number of nitrogens with one attached hydrogen (secondary N) is 1.